The van der Waals surface area contributed by atoms with Crippen molar-refractivity contribution >= 4 is 11.7 Å². The monoisotopic (exact) mass is 409 g/mol. The van der Waals surface area contributed by atoms with Crippen LogP contribution in [0.5, 0.6) is 11.5 Å². The van der Waals surface area contributed by atoms with Crippen LogP contribution in [-0.4, -0.2) is 38.7 Å². The first-order valence-corrected chi connectivity index (χ1v) is 10.3. The van der Waals surface area contributed by atoms with E-state index in [2.05, 4.69) is 20.4 Å². The number of rotatable bonds is 6. The molecule has 1 aromatic carbocycles. The van der Waals surface area contributed by atoms with Gasteiger partial charge in [-0.25, -0.2) is 9.50 Å². The fourth-order valence-electron chi connectivity index (χ4n) is 3.84. The second kappa shape index (κ2) is 8.30. The second-order valence-corrected chi connectivity index (χ2v) is 7.82. The topological polar surface area (TPSA) is 90.6 Å². The van der Waals surface area contributed by atoms with Crippen LogP contribution >= 0.6 is 0 Å². The smallest absolute Gasteiger partial charge is 0.291 e. The summed E-state index contributed by atoms with van der Waals surface area (Å²) in [6, 6.07) is 7.40. The van der Waals surface area contributed by atoms with Gasteiger partial charge in [0.05, 0.1) is 19.3 Å². The fourth-order valence-corrected chi connectivity index (χ4v) is 3.84. The molecule has 1 atom stereocenters. The van der Waals surface area contributed by atoms with E-state index < -0.39 is 0 Å². The highest BCUT2D eigenvalue weighted by molar-refractivity contribution is 5.91. The van der Waals surface area contributed by atoms with Gasteiger partial charge in [-0.3, -0.25) is 4.79 Å². The Balaban J connectivity index is 1.49. The lowest BCUT2D eigenvalue weighted by Crippen LogP contribution is -2.27. The number of hydrogen-bond acceptors (Lipinski definition) is 6. The van der Waals surface area contributed by atoms with Gasteiger partial charge in [-0.05, 0) is 70.2 Å². The lowest BCUT2D eigenvalue weighted by molar-refractivity contribution is 0.0929. The van der Waals surface area contributed by atoms with Gasteiger partial charge in [-0.1, -0.05) is 6.07 Å². The Hall–Kier alpha value is -3.16. The van der Waals surface area contributed by atoms with E-state index in [0.717, 1.165) is 35.5 Å². The highest BCUT2D eigenvalue weighted by Crippen LogP contribution is 2.33. The summed E-state index contributed by atoms with van der Waals surface area (Å²) in [7, 11) is 1.63. The van der Waals surface area contributed by atoms with E-state index in [1.807, 2.05) is 45.0 Å². The molecule has 0 spiro atoms. The van der Waals surface area contributed by atoms with E-state index in [-0.39, 0.29) is 23.9 Å². The molecule has 0 radical (unpaired) electrons. The quantitative estimate of drug-likeness (QED) is 0.669. The maximum absolute atomic E-state index is 12.7. The molecule has 4 rings (SSSR count). The van der Waals surface area contributed by atoms with Crippen LogP contribution in [-0.2, 0) is 0 Å². The first-order valence-electron chi connectivity index (χ1n) is 10.3. The van der Waals surface area contributed by atoms with Crippen molar-refractivity contribution in [1.82, 2.24) is 24.9 Å². The van der Waals surface area contributed by atoms with Crippen LogP contribution in [0.1, 0.15) is 66.2 Å². The van der Waals surface area contributed by atoms with Crippen molar-refractivity contribution in [2.75, 3.05) is 7.11 Å². The zero-order chi connectivity index (χ0) is 21.3. The van der Waals surface area contributed by atoms with Crippen molar-refractivity contribution in [3.05, 3.63) is 47.0 Å². The van der Waals surface area contributed by atoms with Crippen molar-refractivity contribution in [2.24, 2.45) is 0 Å². The van der Waals surface area contributed by atoms with Crippen LogP contribution in [0.2, 0.25) is 0 Å². The number of carbonyl (C=O) groups is 1. The van der Waals surface area contributed by atoms with Gasteiger partial charge in [0.2, 0.25) is 5.82 Å². The molecule has 3 aromatic rings. The maximum Gasteiger partial charge on any atom is 0.291 e. The van der Waals surface area contributed by atoms with Crippen molar-refractivity contribution in [2.45, 2.75) is 58.6 Å². The minimum atomic E-state index is -0.352. The molecule has 30 heavy (non-hydrogen) atoms. The third-order valence-corrected chi connectivity index (χ3v) is 5.45. The minimum Gasteiger partial charge on any atom is -0.493 e. The summed E-state index contributed by atoms with van der Waals surface area (Å²) in [6.45, 7) is 5.70. The summed E-state index contributed by atoms with van der Waals surface area (Å²) in [5.41, 5.74) is 2.62. The molecule has 0 bridgehead atoms. The zero-order valence-electron chi connectivity index (χ0n) is 17.8. The van der Waals surface area contributed by atoms with E-state index in [1.54, 1.807) is 11.6 Å². The Morgan fingerprint density at radius 2 is 1.93 bits per heavy atom. The van der Waals surface area contributed by atoms with Gasteiger partial charge in [0, 0.05) is 11.4 Å². The van der Waals surface area contributed by atoms with Crippen molar-refractivity contribution < 1.29 is 14.3 Å². The van der Waals surface area contributed by atoms with E-state index >= 15 is 0 Å². The molecule has 2 heterocycles. The van der Waals surface area contributed by atoms with E-state index in [1.165, 1.54) is 12.8 Å². The fraction of sp³-hybridized carbons (Fsp3) is 0.455. The van der Waals surface area contributed by atoms with Crippen molar-refractivity contribution in [3.8, 4) is 11.5 Å². The van der Waals surface area contributed by atoms with E-state index in [0.29, 0.717) is 11.5 Å². The van der Waals surface area contributed by atoms with Crippen molar-refractivity contribution in [3.63, 3.8) is 0 Å². The van der Waals surface area contributed by atoms with Crippen LogP contribution in [0.3, 0.4) is 0 Å². The number of aromatic nitrogens is 4. The summed E-state index contributed by atoms with van der Waals surface area (Å²) >= 11 is 0. The van der Waals surface area contributed by atoms with Gasteiger partial charge in [0.15, 0.2) is 11.5 Å². The number of benzene rings is 1. The number of ether oxygens (including phenoxy) is 2. The van der Waals surface area contributed by atoms with Crippen LogP contribution < -0.4 is 14.8 Å². The predicted octanol–water partition coefficient (Wildman–Crippen LogP) is 3.56. The van der Waals surface area contributed by atoms with Gasteiger partial charge in [-0.2, -0.15) is 4.98 Å². The minimum absolute atomic E-state index is 0.0937. The highest BCUT2D eigenvalue weighted by atomic mass is 16.5. The molecule has 158 valence electrons. The summed E-state index contributed by atoms with van der Waals surface area (Å²) in [5, 5.41) is 7.24. The second-order valence-electron chi connectivity index (χ2n) is 7.82. The number of methoxy groups -OCH3 is 1. The average Bonchev–Trinajstić information content (AvgIpc) is 3.38. The molecule has 1 fully saturated rings. The molecular formula is C22H27N5O3. The molecular weight excluding hydrogens is 382 g/mol. The number of carbonyl (C=O) groups excluding carboxylic acids is 1. The zero-order valence-corrected chi connectivity index (χ0v) is 17.8. The summed E-state index contributed by atoms with van der Waals surface area (Å²) in [6.07, 6.45) is 4.83. The third-order valence-electron chi connectivity index (χ3n) is 5.45. The Morgan fingerprint density at radius 1 is 1.17 bits per heavy atom. The van der Waals surface area contributed by atoms with Gasteiger partial charge in [-0.15, -0.1) is 5.10 Å². The van der Waals surface area contributed by atoms with E-state index in [9.17, 15) is 4.79 Å². The highest BCUT2D eigenvalue weighted by Gasteiger charge is 2.21. The predicted molar refractivity (Wildman–Crippen MR) is 112 cm³/mol. The van der Waals surface area contributed by atoms with Crippen LogP contribution in [0.25, 0.3) is 5.78 Å². The molecule has 8 nitrogen and oxygen atoms in total. The molecule has 0 aliphatic heterocycles. The normalized spacial score (nSPS) is 15.3. The molecule has 8 heteroatoms. The molecule has 0 saturated heterocycles. The number of nitrogens with one attached hydrogen (secondary N) is 1. The Morgan fingerprint density at radius 3 is 2.67 bits per heavy atom. The Kier molecular flexibility index (Phi) is 5.57. The van der Waals surface area contributed by atoms with Gasteiger partial charge in [0.25, 0.3) is 11.7 Å². The molecule has 1 aliphatic rings. The SMILES string of the molecule is COc1cc([C@@H](C)NC(=O)c2nc3nc(C)cc(C)n3n2)ccc1OC1CCCC1. The molecule has 2 aromatic heterocycles. The van der Waals surface area contributed by atoms with E-state index in [4.69, 9.17) is 9.47 Å². The van der Waals surface area contributed by atoms with Gasteiger partial charge in [0.1, 0.15) is 0 Å². The Bertz CT molecular complexity index is 1070. The largest absolute Gasteiger partial charge is 0.493 e. The number of hydrogen-bond donors (Lipinski definition) is 1. The first kappa shape index (κ1) is 20.1. The number of fused-ring (bicyclic) bond motifs is 1. The Labute approximate surface area is 175 Å². The number of nitrogens with zero attached hydrogens (tertiary/aromatic N) is 4. The lowest BCUT2D eigenvalue weighted by Gasteiger charge is -2.19. The number of aryl methyl sites for hydroxylation is 2. The molecule has 1 saturated carbocycles. The molecule has 1 amide bonds. The standard InChI is InChI=1S/C22H27N5O3/c1-13-11-14(2)27-22(23-13)25-20(26-27)21(28)24-15(3)16-9-10-18(19(12-16)29-4)30-17-7-5-6-8-17/h9-12,15,17H,5-8H2,1-4H3,(H,24,28)/t15-/m1/s1. The summed E-state index contributed by atoms with van der Waals surface area (Å²) in [5.74, 6) is 1.57. The summed E-state index contributed by atoms with van der Waals surface area (Å²) < 4.78 is 13.2. The lowest BCUT2D eigenvalue weighted by atomic mass is 10.1. The summed E-state index contributed by atoms with van der Waals surface area (Å²) in [4.78, 5) is 21.3. The first-order chi connectivity index (χ1) is 14.4. The third kappa shape index (κ3) is 4.08. The van der Waals surface area contributed by atoms with Crippen LogP contribution in [0.15, 0.2) is 24.3 Å². The average molecular weight is 409 g/mol. The molecule has 1 N–H and O–H groups in total. The molecule has 0 unspecified atom stereocenters. The van der Waals surface area contributed by atoms with Crippen LogP contribution in [0.4, 0.5) is 0 Å². The van der Waals surface area contributed by atoms with Gasteiger partial charge >= 0.3 is 0 Å². The molecule has 1 aliphatic carbocycles. The maximum atomic E-state index is 12.7. The van der Waals surface area contributed by atoms with Gasteiger partial charge < -0.3 is 14.8 Å². The van der Waals surface area contributed by atoms with Crippen molar-refractivity contribution in [1.29, 1.82) is 0 Å². The van der Waals surface area contributed by atoms with Crippen LogP contribution in [0, 0.1) is 13.8 Å². The number of amides is 1.